The summed E-state index contributed by atoms with van der Waals surface area (Å²) in [6, 6.07) is 0. The van der Waals surface area contributed by atoms with Gasteiger partial charge in [-0.05, 0) is 32.4 Å². The van der Waals surface area contributed by atoms with Crippen molar-refractivity contribution in [1.82, 2.24) is 14.9 Å². The summed E-state index contributed by atoms with van der Waals surface area (Å²) in [6.07, 6.45) is 10.5. The van der Waals surface area contributed by atoms with Crippen LogP contribution in [0.4, 0.5) is 0 Å². The highest BCUT2D eigenvalue weighted by Crippen LogP contribution is 2.24. The van der Waals surface area contributed by atoms with Gasteiger partial charge in [0.2, 0.25) is 0 Å². The molecule has 1 saturated heterocycles. The molecule has 1 aromatic heterocycles. The SMILES string of the molecule is CCCCCn1cncc1C1CCNCC1. The summed E-state index contributed by atoms with van der Waals surface area (Å²) < 4.78 is 2.37. The molecule has 0 amide bonds. The minimum atomic E-state index is 0.727. The van der Waals surface area contributed by atoms with Crippen molar-refractivity contribution in [3.63, 3.8) is 0 Å². The second-order valence-corrected chi connectivity index (χ2v) is 4.74. The molecule has 90 valence electrons. The van der Waals surface area contributed by atoms with Crippen LogP contribution in [0.1, 0.15) is 50.6 Å². The third-order valence-electron chi connectivity index (χ3n) is 3.50. The zero-order chi connectivity index (χ0) is 11.2. The lowest BCUT2D eigenvalue weighted by Crippen LogP contribution is -2.27. The van der Waals surface area contributed by atoms with Gasteiger partial charge in [0.15, 0.2) is 0 Å². The maximum atomic E-state index is 4.32. The normalized spacial score (nSPS) is 17.8. The van der Waals surface area contributed by atoms with Gasteiger partial charge in [0.05, 0.1) is 6.33 Å². The van der Waals surface area contributed by atoms with Crippen LogP contribution in [0.25, 0.3) is 0 Å². The molecule has 3 heteroatoms. The van der Waals surface area contributed by atoms with Crippen LogP contribution in [-0.4, -0.2) is 22.6 Å². The lowest BCUT2D eigenvalue weighted by Gasteiger charge is -2.23. The molecule has 2 heterocycles. The van der Waals surface area contributed by atoms with E-state index in [1.54, 1.807) is 0 Å². The topological polar surface area (TPSA) is 29.9 Å². The van der Waals surface area contributed by atoms with Crippen molar-refractivity contribution >= 4 is 0 Å². The first-order valence-corrected chi connectivity index (χ1v) is 6.62. The lowest BCUT2D eigenvalue weighted by molar-refractivity contribution is 0.435. The Bertz CT molecular complexity index is 300. The molecule has 0 bridgehead atoms. The second-order valence-electron chi connectivity index (χ2n) is 4.74. The van der Waals surface area contributed by atoms with Crippen molar-refractivity contribution in [2.24, 2.45) is 0 Å². The van der Waals surface area contributed by atoms with Crippen molar-refractivity contribution in [3.8, 4) is 0 Å². The average molecular weight is 221 g/mol. The first-order chi connectivity index (χ1) is 7.92. The molecule has 1 aromatic rings. The van der Waals surface area contributed by atoms with E-state index in [1.807, 2.05) is 6.33 Å². The Morgan fingerprint density at radius 1 is 1.38 bits per heavy atom. The van der Waals surface area contributed by atoms with Crippen molar-refractivity contribution in [3.05, 3.63) is 18.2 Å². The Labute approximate surface area is 98.3 Å². The van der Waals surface area contributed by atoms with Crippen molar-refractivity contribution in [2.75, 3.05) is 13.1 Å². The molecule has 0 atom stereocenters. The fourth-order valence-electron chi connectivity index (χ4n) is 2.51. The number of aromatic nitrogens is 2. The highest BCUT2D eigenvalue weighted by atomic mass is 15.0. The molecule has 2 rings (SSSR count). The third-order valence-corrected chi connectivity index (χ3v) is 3.50. The minimum Gasteiger partial charge on any atom is -0.334 e. The number of aryl methyl sites for hydroxylation is 1. The monoisotopic (exact) mass is 221 g/mol. The number of piperidine rings is 1. The summed E-state index contributed by atoms with van der Waals surface area (Å²) in [5, 5.41) is 3.42. The number of hydrogen-bond donors (Lipinski definition) is 1. The molecule has 3 nitrogen and oxygen atoms in total. The predicted octanol–water partition coefficient (Wildman–Crippen LogP) is 2.54. The zero-order valence-corrected chi connectivity index (χ0v) is 10.3. The summed E-state index contributed by atoms with van der Waals surface area (Å²) in [5.74, 6) is 0.727. The van der Waals surface area contributed by atoms with E-state index in [1.165, 1.54) is 37.8 Å². The quantitative estimate of drug-likeness (QED) is 0.774. The Balaban J connectivity index is 1.94. The fraction of sp³-hybridized carbons (Fsp3) is 0.769. The van der Waals surface area contributed by atoms with E-state index >= 15 is 0 Å². The van der Waals surface area contributed by atoms with Gasteiger partial charge < -0.3 is 9.88 Å². The number of rotatable bonds is 5. The molecular weight excluding hydrogens is 198 g/mol. The first kappa shape index (κ1) is 11.6. The molecule has 0 radical (unpaired) electrons. The minimum absolute atomic E-state index is 0.727. The smallest absolute Gasteiger partial charge is 0.0948 e. The van der Waals surface area contributed by atoms with E-state index in [0.717, 1.165) is 25.6 Å². The van der Waals surface area contributed by atoms with Crippen LogP contribution >= 0.6 is 0 Å². The third kappa shape index (κ3) is 2.85. The first-order valence-electron chi connectivity index (χ1n) is 6.62. The van der Waals surface area contributed by atoms with Crippen molar-refractivity contribution in [1.29, 1.82) is 0 Å². The van der Waals surface area contributed by atoms with Gasteiger partial charge in [-0.15, -0.1) is 0 Å². The van der Waals surface area contributed by atoms with Crippen LogP contribution in [0.5, 0.6) is 0 Å². The van der Waals surface area contributed by atoms with Gasteiger partial charge in [0.1, 0.15) is 0 Å². The molecular formula is C13H23N3. The van der Waals surface area contributed by atoms with E-state index in [2.05, 4.69) is 28.0 Å². The second kappa shape index (κ2) is 6.04. The molecule has 0 saturated carbocycles. The van der Waals surface area contributed by atoms with Gasteiger partial charge in [0, 0.05) is 24.4 Å². The van der Waals surface area contributed by atoms with Crippen molar-refractivity contribution in [2.45, 2.75) is 51.5 Å². The summed E-state index contributed by atoms with van der Waals surface area (Å²) in [4.78, 5) is 4.32. The number of nitrogens with zero attached hydrogens (tertiary/aromatic N) is 2. The van der Waals surface area contributed by atoms with Crippen LogP contribution in [0.15, 0.2) is 12.5 Å². The Morgan fingerprint density at radius 2 is 2.19 bits per heavy atom. The molecule has 0 aliphatic carbocycles. The van der Waals surface area contributed by atoms with Gasteiger partial charge in [-0.2, -0.15) is 0 Å². The summed E-state index contributed by atoms with van der Waals surface area (Å²) in [7, 11) is 0. The molecule has 16 heavy (non-hydrogen) atoms. The fourth-order valence-corrected chi connectivity index (χ4v) is 2.51. The van der Waals surface area contributed by atoms with E-state index in [4.69, 9.17) is 0 Å². The van der Waals surface area contributed by atoms with Crippen LogP contribution in [0.3, 0.4) is 0 Å². The Morgan fingerprint density at radius 3 is 2.94 bits per heavy atom. The number of hydrogen-bond acceptors (Lipinski definition) is 2. The zero-order valence-electron chi connectivity index (χ0n) is 10.3. The Hall–Kier alpha value is -0.830. The molecule has 0 spiro atoms. The maximum Gasteiger partial charge on any atom is 0.0948 e. The van der Waals surface area contributed by atoms with Crippen LogP contribution in [0, 0.1) is 0 Å². The maximum absolute atomic E-state index is 4.32. The van der Waals surface area contributed by atoms with Crippen LogP contribution in [0.2, 0.25) is 0 Å². The number of imidazole rings is 1. The lowest BCUT2D eigenvalue weighted by atomic mass is 9.95. The Kier molecular flexibility index (Phi) is 4.40. The standard InChI is InChI=1S/C13H23N3/c1-2-3-4-9-16-11-15-10-13(16)12-5-7-14-8-6-12/h10-12,14H,2-9H2,1H3. The summed E-state index contributed by atoms with van der Waals surface area (Å²) in [5.41, 5.74) is 1.46. The molecule has 0 unspecified atom stereocenters. The number of unbranched alkanes of at least 4 members (excludes halogenated alkanes) is 2. The van der Waals surface area contributed by atoms with Crippen LogP contribution in [-0.2, 0) is 6.54 Å². The average Bonchev–Trinajstić information content (AvgIpc) is 2.79. The molecule has 1 aliphatic heterocycles. The van der Waals surface area contributed by atoms with E-state index in [-0.39, 0.29) is 0 Å². The largest absolute Gasteiger partial charge is 0.334 e. The molecule has 1 N–H and O–H groups in total. The highest BCUT2D eigenvalue weighted by Gasteiger charge is 2.18. The van der Waals surface area contributed by atoms with Gasteiger partial charge in [-0.1, -0.05) is 19.8 Å². The molecule has 1 aliphatic rings. The van der Waals surface area contributed by atoms with Gasteiger partial charge in [-0.3, -0.25) is 0 Å². The molecule has 1 fully saturated rings. The van der Waals surface area contributed by atoms with Crippen molar-refractivity contribution < 1.29 is 0 Å². The van der Waals surface area contributed by atoms with Gasteiger partial charge >= 0.3 is 0 Å². The predicted molar refractivity (Wildman–Crippen MR) is 66.6 cm³/mol. The summed E-state index contributed by atoms with van der Waals surface area (Å²) >= 11 is 0. The van der Waals surface area contributed by atoms with E-state index in [9.17, 15) is 0 Å². The van der Waals surface area contributed by atoms with E-state index in [0.29, 0.717) is 0 Å². The molecule has 0 aromatic carbocycles. The summed E-state index contributed by atoms with van der Waals surface area (Å²) in [6.45, 7) is 5.71. The van der Waals surface area contributed by atoms with E-state index < -0.39 is 0 Å². The highest BCUT2D eigenvalue weighted by molar-refractivity contribution is 5.07. The number of nitrogens with one attached hydrogen (secondary N) is 1. The van der Waals surface area contributed by atoms with Gasteiger partial charge in [0.25, 0.3) is 0 Å². The van der Waals surface area contributed by atoms with Crippen LogP contribution < -0.4 is 5.32 Å². The van der Waals surface area contributed by atoms with Gasteiger partial charge in [-0.25, -0.2) is 4.98 Å².